The summed E-state index contributed by atoms with van der Waals surface area (Å²) < 4.78 is 1.94. The summed E-state index contributed by atoms with van der Waals surface area (Å²) in [6.07, 6.45) is 5.40. The molecule has 0 amide bonds. The van der Waals surface area contributed by atoms with E-state index >= 15 is 0 Å². The Morgan fingerprint density at radius 1 is 1.43 bits per heavy atom. The molecule has 0 radical (unpaired) electrons. The van der Waals surface area contributed by atoms with Gasteiger partial charge in [0.1, 0.15) is 0 Å². The summed E-state index contributed by atoms with van der Waals surface area (Å²) in [4.78, 5) is 0. The Morgan fingerprint density at radius 3 is 2.93 bits per heavy atom. The van der Waals surface area contributed by atoms with Crippen LogP contribution in [0.4, 0.5) is 0 Å². The van der Waals surface area contributed by atoms with Gasteiger partial charge in [0.05, 0.1) is 6.54 Å². The van der Waals surface area contributed by atoms with E-state index in [0.717, 1.165) is 24.8 Å². The van der Waals surface area contributed by atoms with Gasteiger partial charge >= 0.3 is 0 Å². The van der Waals surface area contributed by atoms with Crippen LogP contribution in [0, 0.1) is 5.92 Å². The molecule has 1 saturated carbocycles. The van der Waals surface area contributed by atoms with Gasteiger partial charge in [0.15, 0.2) is 5.82 Å². The van der Waals surface area contributed by atoms with E-state index in [0.29, 0.717) is 0 Å². The minimum Gasteiger partial charge on any atom is -0.313 e. The van der Waals surface area contributed by atoms with Crippen molar-refractivity contribution in [3.05, 3.63) is 5.82 Å². The first-order valence-electron chi connectivity index (χ1n) is 5.30. The molecule has 0 unspecified atom stereocenters. The van der Waals surface area contributed by atoms with Gasteiger partial charge in [0, 0.05) is 6.54 Å². The van der Waals surface area contributed by atoms with Crippen molar-refractivity contribution in [2.24, 2.45) is 5.92 Å². The first-order valence-corrected chi connectivity index (χ1v) is 5.30. The molecule has 0 bridgehead atoms. The molecule has 78 valence electrons. The van der Waals surface area contributed by atoms with Crippen LogP contribution in [0.3, 0.4) is 0 Å². The number of nitrogens with zero attached hydrogens (tertiary/aromatic N) is 4. The van der Waals surface area contributed by atoms with Crippen LogP contribution < -0.4 is 5.32 Å². The molecule has 1 aliphatic carbocycles. The Morgan fingerprint density at radius 2 is 2.21 bits per heavy atom. The molecule has 1 heterocycles. The Kier molecular flexibility index (Phi) is 3.08. The third-order valence-electron chi connectivity index (χ3n) is 2.85. The quantitative estimate of drug-likeness (QED) is 0.763. The van der Waals surface area contributed by atoms with Crippen molar-refractivity contribution >= 4 is 0 Å². The van der Waals surface area contributed by atoms with E-state index in [-0.39, 0.29) is 0 Å². The SMILES string of the molecule is CNCc1nnnn1CC1CCCC1. The van der Waals surface area contributed by atoms with E-state index in [1.54, 1.807) is 0 Å². The summed E-state index contributed by atoms with van der Waals surface area (Å²) in [5.41, 5.74) is 0. The van der Waals surface area contributed by atoms with Crippen molar-refractivity contribution in [3.63, 3.8) is 0 Å². The molecule has 0 spiro atoms. The monoisotopic (exact) mass is 195 g/mol. The predicted molar refractivity (Wildman–Crippen MR) is 52.5 cm³/mol. The fourth-order valence-corrected chi connectivity index (χ4v) is 2.09. The summed E-state index contributed by atoms with van der Waals surface area (Å²) in [5.74, 6) is 1.73. The maximum atomic E-state index is 4.01. The van der Waals surface area contributed by atoms with E-state index < -0.39 is 0 Å². The summed E-state index contributed by atoms with van der Waals surface area (Å²) >= 11 is 0. The largest absolute Gasteiger partial charge is 0.313 e. The summed E-state index contributed by atoms with van der Waals surface area (Å²) in [6.45, 7) is 1.74. The molecule has 2 rings (SSSR count). The Hall–Kier alpha value is -0.970. The van der Waals surface area contributed by atoms with E-state index in [4.69, 9.17) is 0 Å². The lowest BCUT2D eigenvalue weighted by molar-refractivity contribution is 0.409. The van der Waals surface area contributed by atoms with E-state index in [2.05, 4.69) is 20.8 Å². The fraction of sp³-hybridized carbons (Fsp3) is 0.889. The number of hydrogen-bond donors (Lipinski definition) is 1. The van der Waals surface area contributed by atoms with Crippen molar-refractivity contribution < 1.29 is 0 Å². The van der Waals surface area contributed by atoms with Crippen molar-refractivity contribution in [2.75, 3.05) is 7.05 Å². The van der Waals surface area contributed by atoms with Gasteiger partial charge in [-0.2, -0.15) is 0 Å². The lowest BCUT2D eigenvalue weighted by Crippen LogP contribution is -2.16. The summed E-state index contributed by atoms with van der Waals surface area (Å²) in [6, 6.07) is 0. The highest BCUT2D eigenvalue weighted by atomic mass is 15.5. The first kappa shape index (κ1) is 9.58. The zero-order valence-electron chi connectivity index (χ0n) is 8.61. The number of hydrogen-bond acceptors (Lipinski definition) is 4. The van der Waals surface area contributed by atoms with Gasteiger partial charge in [-0.05, 0) is 36.2 Å². The average Bonchev–Trinajstić information content (AvgIpc) is 2.80. The lowest BCUT2D eigenvalue weighted by atomic mass is 10.1. The summed E-state index contributed by atoms with van der Waals surface area (Å²) in [7, 11) is 1.91. The second-order valence-electron chi connectivity index (χ2n) is 3.96. The van der Waals surface area contributed by atoms with Crippen LogP contribution in [0.15, 0.2) is 0 Å². The molecule has 0 aliphatic heterocycles. The Labute approximate surface area is 83.9 Å². The molecule has 14 heavy (non-hydrogen) atoms. The highest BCUT2D eigenvalue weighted by Crippen LogP contribution is 2.25. The molecular formula is C9H17N5. The third kappa shape index (κ3) is 2.09. The van der Waals surface area contributed by atoms with Gasteiger partial charge in [-0.1, -0.05) is 12.8 Å². The molecular weight excluding hydrogens is 178 g/mol. The van der Waals surface area contributed by atoms with Crippen LogP contribution in [0.2, 0.25) is 0 Å². The maximum Gasteiger partial charge on any atom is 0.165 e. The van der Waals surface area contributed by atoms with Crippen LogP contribution in [0.25, 0.3) is 0 Å². The fourth-order valence-electron chi connectivity index (χ4n) is 2.09. The minimum atomic E-state index is 0.750. The van der Waals surface area contributed by atoms with Crippen molar-refractivity contribution in [3.8, 4) is 0 Å². The highest BCUT2D eigenvalue weighted by Gasteiger charge is 2.17. The Bertz CT molecular complexity index is 276. The van der Waals surface area contributed by atoms with E-state index in [1.807, 2.05) is 11.7 Å². The predicted octanol–water partition coefficient (Wildman–Crippen LogP) is 0.583. The van der Waals surface area contributed by atoms with Crippen LogP contribution >= 0.6 is 0 Å². The number of aromatic nitrogens is 4. The number of nitrogens with one attached hydrogen (secondary N) is 1. The third-order valence-corrected chi connectivity index (χ3v) is 2.85. The van der Waals surface area contributed by atoms with Crippen LogP contribution in [-0.2, 0) is 13.1 Å². The van der Waals surface area contributed by atoms with Crippen molar-refractivity contribution in [2.45, 2.75) is 38.8 Å². The van der Waals surface area contributed by atoms with Gasteiger partial charge in [-0.3, -0.25) is 0 Å². The molecule has 1 aromatic heterocycles. The van der Waals surface area contributed by atoms with E-state index in [1.165, 1.54) is 25.7 Å². The van der Waals surface area contributed by atoms with Gasteiger partial charge in [0.2, 0.25) is 0 Å². The zero-order valence-corrected chi connectivity index (χ0v) is 8.61. The standard InChI is InChI=1S/C9H17N5/c1-10-6-9-11-12-13-14(9)7-8-4-2-3-5-8/h8,10H,2-7H2,1H3. The van der Waals surface area contributed by atoms with Crippen LogP contribution in [0.1, 0.15) is 31.5 Å². The lowest BCUT2D eigenvalue weighted by Gasteiger charge is -2.09. The number of rotatable bonds is 4. The van der Waals surface area contributed by atoms with Gasteiger partial charge in [-0.15, -0.1) is 5.10 Å². The number of tetrazole rings is 1. The molecule has 1 N–H and O–H groups in total. The Balaban J connectivity index is 1.96. The first-order chi connectivity index (χ1) is 6.90. The second-order valence-corrected chi connectivity index (χ2v) is 3.96. The summed E-state index contributed by atoms with van der Waals surface area (Å²) in [5, 5.41) is 14.8. The highest BCUT2D eigenvalue weighted by molar-refractivity contribution is 4.81. The smallest absolute Gasteiger partial charge is 0.165 e. The van der Waals surface area contributed by atoms with E-state index in [9.17, 15) is 0 Å². The maximum absolute atomic E-state index is 4.01. The molecule has 5 nitrogen and oxygen atoms in total. The van der Waals surface area contributed by atoms with Gasteiger partial charge in [-0.25, -0.2) is 4.68 Å². The van der Waals surface area contributed by atoms with Crippen LogP contribution in [0.5, 0.6) is 0 Å². The second kappa shape index (κ2) is 4.50. The average molecular weight is 195 g/mol. The minimum absolute atomic E-state index is 0.750. The molecule has 0 saturated heterocycles. The van der Waals surface area contributed by atoms with Gasteiger partial charge in [0.25, 0.3) is 0 Å². The van der Waals surface area contributed by atoms with Crippen LogP contribution in [-0.4, -0.2) is 27.3 Å². The normalized spacial score (nSPS) is 17.8. The molecule has 1 aromatic rings. The molecule has 5 heteroatoms. The van der Waals surface area contributed by atoms with Gasteiger partial charge < -0.3 is 5.32 Å². The van der Waals surface area contributed by atoms with Crippen molar-refractivity contribution in [1.82, 2.24) is 25.5 Å². The topological polar surface area (TPSA) is 55.6 Å². The molecule has 0 aromatic carbocycles. The molecule has 1 aliphatic rings. The zero-order chi connectivity index (χ0) is 9.80. The molecule has 1 fully saturated rings. The van der Waals surface area contributed by atoms with Crippen molar-refractivity contribution in [1.29, 1.82) is 0 Å². The molecule has 0 atom stereocenters.